The van der Waals surface area contributed by atoms with Crippen LogP contribution in [0.25, 0.3) is 0 Å². The minimum absolute atomic E-state index is 0.0394. The first-order valence-electron chi connectivity index (χ1n) is 4.70. The van der Waals surface area contributed by atoms with Gasteiger partial charge in [0.15, 0.2) is 0 Å². The molecule has 1 aromatic rings. The minimum atomic E-state index is -0.445. The third-order valence-corrected chi connectivity index (χ3v) is 2.56. The highest BCUT2D eigenvalue weighted by Gasteiger charge is 2.27. The lowest BCUT2D eigenvalue weighted by Gasteiger charge is -2.10. The van der Waals surface area contributed by atoms with Gasteiger partial charge in [0.25, 0.3) is 11.6 Å². The minimum Gasteiger partial charge on any atom is -0.335 e. The van der Waals surface area contributed by atoms with Crippen molar-refractivity contribution in [3.63, 3.8) is 0 Å². The molecule has 78 valence electrons. The number of fused-ring (bicyclic) bond motifs is 1. The summed E-state index contributed by atoms with van der Waals surface area (Å²) in [4.78, 5) is 23.4. The number of amides is 1. The first kappa shape index (κ1) is 9.64. The number of nitrogens with zero attached hydrogens (tertiary/aromatic N) is 2. The van der Waals surface area contributed by atoms with Crippen molar-refractivity contribution in [1.82, 2.24) is 4.90 Å². The van der Waals surface area contributed by atoms with Crippen LogP contribution in [-0.2, 0) is 6.54 Å². The number of rotatable bonds is 2. The van der Waals surface area contributed by atoms with Crippen LogP contribution in [0.3, 0.4) is 0 Å². The van der Waals surface area contributed by atoms with Gasteiger partial charge in [0.2, 0.25) is 0 Å². The molecule has 0 aromatic heterocycles. The maximum Gasteiger partial charge on any atom is 0.269 e. The SMILES string of the molecule is CCN1Cc2cc([N+](=O)[O-])ccc2C1=O. The van der Waals surface area contributed by atoms with Crippen molar-refractivity contribution >= 4 is 11.6 Å². The van der Waals surface area contributed by atoms with E-state index in [1.807, 2.05) is 6.92 Å². The van der Waals surface area contributed by atoms with Gasteiger partial charge in [-0.2, -0.15) is 0 Å². The van der Waals surface area contributed by atoms with E-state index in [1.165, 1.54) is 18.2 Å². The van der Waals surface area contributed by atoms with Crippen LogP contribution in [0.5, 0.6) is 0 Å². The molecule has 0 fully saturated rings. The molecule has 0 saturated carbocycles. The molecular formula is C10H10N2O3. The maximum absolute atomic E-state index is 11.7. The molecule has 0 saturated heterocycles. The van der Waals surface area contributed by atoms with Crippen molar-refractivity contribution in [2.45, 2.75) is 13.5 Å². The van der Waals surface area contributed by atoms with Crippen LogP contribution in [0.15, 0.2) is 18.2 Å². The van der Waals surface area contributed by atoms with E-state index in [1.54, 1.807) is 4.90 Å². The van der Waals surface area contributed by atoms with Crippen molar-refractivity contribution in [3.8, 4) is 0 Å². The fourth-order valence-electron chi connectivity index (χ4n) is 1.74. The number of nitro groups is 1. The molecular weight excluding hydrogens is 196 g/mol. The van der Waals surface area contributed by atoms with E-state index in [-0.39, 0.29) is 11.6 Å². The summed E-state index contributed by atoms with van der Waals surface area (Å²) in [7, 11) is 0. The van der Waals surface area contributed by atoms with Gasteiger partial charge in [0.1, 0.15) is 0 Å². The van der Waals surface area contributed by atoms with E-state index in [2.05, 4.69) is 0 Å². The van der Waals surface area contributed by atoms with Gasteiger partial charge in [-0.15, -0.1) is 0 Å². The highest BCUT2D eigenvalue weighted by Crippen LogP contribution is 2.26. The molecule has 5 nitrogen and oxygen atoms in total. The van der Waals surface area contributed by atoms with Gasteiger partial charge in [0.05, 0.1) is 4.92 Å². The molecule has 1 heterocycles. The van der Waals surface area contributed by atoms with Crippen molar-refractivity contribution < 1.29 is 9.72 Å². The van der Waals surface area contributed by atoms with Gasteiger partial charge < -0.3 is 4.90 Å². The molecule has 0 bridgehead atoms. The number of non-ortho nitro benzene ring substituents is 1. The number of carbonyl (C=O) groups excluding carboxylic acids is 1. The predicted octanol–water partition coefficient (Wildman–Crippen LogP) is 1.57. The first-order chi connectivity index (χ1) is 7.13. The zero-order chi connectivity index (χ0) is 11.0. The van der Waals surface area contributed by atoms with E-state index >= 15 is 0 Å². The molecule has 1 amide bonds. The second kappa shape index (κ2) is 3.34. The summed E-state index contributed by atoms with van der Waals surface area (Å²) in [6, 6.07) is 4.38. The molecule has 0 aliphatic carbocycles. The molecule has 1 aromatic carbocycles. The second-order valence-corrected chi connectivity index (χ2v) is 3.42. The Hall–Kier alpha value is -1.91. The lowest BCUT2D eigenvalue weighted by atomic mass is 10.1. The van der Waals surface area contributed by atoms with Crippen LogP contribution < -0.4 is 0 Å². The molecule has 2 rings (SSSR count). The van der Waals surface area contributed by atoms with E-state index < -0.39 is 4.92 Å². The van der Waals surface area contributed by atoms with Crippen LogP contribution in [0.4, 0.5) is 5.69 Å². The Balaban J connectivity index is 2.42. The molecule has 1 aliphatic heterocycles. The van der Waals surface area contributed by atoms with Crippen LogP contribution in [0.2, 0.25) is 0 Å². The average molecular weight is 206 g/mol. The Morgan fingerprint density at radius 2 is 2.27 bits per heavy atom. The maximum atomic E-state index is 11.7. The fourth-order valence-corrected chi connectivity index (χ4v) is 1.74. The van der Waals surface area contributed by atoms with E-state index in [0.29, 0.717) is 18.7 Å². The smallest absolute Gasteiger partial charge is 0.269 e. The van der Waals surface area contributed by atoms with E-state index in [4.69, 9.17) is 0 Å². The average Bonchev–Trinajstić information content (AvgIpc) is 2.55. The lowest BCUT2D eigenvalue weighted by molar-refractivity contribution is -0.384. The van der Waals surface area contributed by atoms with Gasteiger partial charge >= 0.3 is 0 Å². The first-order valence-corrected chi connectivity index (χ1v) is 4.70. The standard InChI is InChI=1S/C10H10N2O3/c1-2-11-6-7-5-8(12(14)15)3-4-9(7)10(11)13/h3-5H,2,6H2,1H3. The zero-order valence-corrected chi connectivity index (χ0v) is 8.27. The number of hydrogen-bond acceptors (Lipinski definition) is 3. The topological polar surface area (TPSA) is 63.4 Å². The molecule has 0 atom stereocenters. The Morgan fingerprint density at radius 3 is 2.87 bits per heavy atom. The van der Waals surface area contributed by atoms with Crippen molar-refractivity contribution in [3.05, 3.63) is 39.4 Å². The van der Waals surface area contributed by atoms with Crippen molar-refractivity contribution in [2.75, 3.05) is 6.54 Å². The predicted molar refractivity (Wildman–Crippen MR) is 53.5 cm³/mol. The molecule has 0 radical (unpaired) electrons. The number of nitro benzene ring substituents is 1. The number of hydrogen-bond donors (Lipinski definition) is 0. The normalized spacial score (nSPS) is 14.2. The summed E-state index contributed by atoms with van der Waals surface area (Å²) < 4.78 is 0. The van der Waals surface area contributed by atoms with Gasteiger partial charge in [-0.05, 0) is 18.6 Å². The molecule has 0 spiro atoms. The van der Waals surface area contributed by atoms with Gasteiger partial charge in [-0.3, -0.25) is 14.9 Å². The molecule has 5 heteroatoms. The van der Waals surface area contributed by atoms with E-state index in [0.717, 1.165) is 5.56 Å². The summed E-state index contributed by atoms with van der Waals surface area (Å²) >= 11 is 0. The Bertz CT molecular complexity index is 442. The monoisotopic (exact) mass is 206 g/mol. The van der Waals surface area contributed by atoms with Crippen molar-refractivity contribution in [1.29, 1.82) is 0 Å². The Morgan fingerprint density at radius 1 is 1.53 bits per heavy atom. The Labute approximate surface area is 86.5 Å². The summed E-state index contributed by atoms with van der Waals surface area (Å²) in [6.45, 7) is 2.99. The van der Waals surface area contributed by atoms with Crippen LogP contribution >= 0.6 is 0 Å². The third kappa shape index (κ3) is 1.45. The van der Waals surface area contributed by atoms with Crippen molar-refractivity contribution in [2.24, 2.45) is 0 Å². The van der Waals surface area contributed by atoms with Gasteiger partial charge in [-0.1, -0.05) is 0 Å². The Kier molecular flexibility index (Phi) is 2.15. The second-order valence-electron chi connectivity index (χ2n) is 3.42. The third-order valence-electron chi connectivity index (χ3n) is 2.56. The molecule has 15 heavy (non-hydrogen) atoms. The largest absolute Gasteiger partial charge is 0.335 e. The van der Waals surface area contributed by atoms with Gasteiger partial charge in [0, 0.05) is 30.8 Å². The lowest BCUT2D eigenvalue weighted by Crippen LogP contribution is -2.22. The highest BCUT2D eigenvalue weighted by atomic mass is 16.6. The zero-order valence-electron chi connectivity index (χ0n) is 8.27. The van der Waals surface area contributed by atoms with Crippen LogP contribution in [0.1, 0.15) is 22.8 Å². The quantitative estimate of drug-likeness (QED) is 0.545. The molecule has 1 aliphatic rings. The molecule has 0 N–H and O–H groups in total. The summed E-state index contributed by atoms with van der Waals surface area (Å²) in [5, 5.41) is 10.5. The molecule has 0 unspecified atom stereocenters. The summed E-state index contributed by atoms with van der Waals surface area (Å²) in [5.41, 5.74) is 1.37. The number of benzene rings is 1. The number of carbonyl (C=O) groups is 1. The van der Waals surface area contributed by atoms with Crippen LogP contribution in [-0.4, -0.2) is 22.3 Å². The van der Waals surface area contributed by atoms with E-state index in [9.17, 15) is 14.9 Å². The van der Waals surface area contributed by atoms with Gasteiger partial charge in [-0.25, -0.2) is 0 Å². The summed E-state index contributed by atoms with van der Waals surface area (Å²) in [5.74, 6) is -0.0394. The summed E-state index contributed by atoms with van der Waals surface area (Å²) in [6.07, 6.45) is 0. The highest BCUT2D eigenvalue weighted by molar-refractivity contribution is 5.98. The van der Waals surface area contributed by atoms with Crippen LogP contribution in [0, 0.1) is 10.1 Å². The fraction of sp³-hybridized carbons (Fsp3) is 0.300.